The maximum Gasteiger partial charge on any atom is 0.257 e. The Hall–Kier alpha value is -1.43. The molecule has 0 atom stereocenters. The molecule has 0 bridgehead atoms. The Morgan fingerprint density at radius 2 is 2.00 bits per heavy atom. The van der Waals surface area contributed by atoms with E-state index in [9.17, 15) is 4.79 Å². The largest absolute Gasteiger partial charge is 0.357 e. The second kappa shape index (κ2) is 6.65. The number of thiocarbonyl (C=S) groups is 1. The molecule has 1 aromatic heterocycles. The van der Waals surface area contributed by atoms with Gasteiger partial charge in [0.05, 0.1) is 6.54 Å². The molecule has 1 heterocycles. The van der Waals surface area contributed by atoms with Gasteiger partial charge in [0.15, 0.2) is 5.11 Å². The van der Waals surface area contributed by atoms with Gasteiger partial charge in [-0.05, 0) is 47.9 Å². The SMILES string of the molecule is O=C(NC(=S)NCc1cccs1)c1ccc(Cl)cc1. The molecule has 19 heavy (non-hydrogen) atoms. The van der Waals surface area contributed by atoms with Crippen LogP contribution in [0, 0.1) is 0 Å². The molecule has 2 aromatic rings. The zero-order valence-electron chi connectivity index (χ0n) is 9.85. The lowest BCUT2D eigenvalue weighted by atomic mass is 10.2. The van der Waals surface area contributed by atoms with Gasteiger partial charge in [-0.15, -0.1) is 11.3 Å². The average molecular weight is 311 g/mol. The summed E-state index contributed by atoms with van der Waals surface area (Å²) in [6, 6.07) is 10.6. The number of amides is 1. The van der Waals surface area contributed by atoms with Gasteiger partial charge >= 0.3 is 0 Å². The topological polar surface area (TPSA) is 41.1 Å². The normalized spacial score (nSPS) is 9.95. The third-order valence-corrected chi connectivity index (χ3v) is 3.71. The average Bonchev–Trinajstić information content (AvgIpc) is 2.90. The Morgan fingerprint density at radius 1 is 1.26 bits per heavy atom. The van der Waals surface area contributed by atoms with Crippen LogP contribution in [0.15, 0.2) is 41.8 Å². The molecule has 0 aliphatic rings. The van der Waals surface area contributed by atoms with Crippen LogP contribution in [0.25, 0.3) is 0 Å². The Morgan fingerprint density at radius 3 is 2.63 bits per heavy atom. The van der Waals surface area contributed by atoms with Crippen LogP contribution in [-0.2, 0) is 6.54 Å². The van der Waals surface area contributed by atoms with Crippen LogP contribution < -0.4 is 10.6 Å². The molecule has 6 heteroatoms. The van der Waals surface area contributed by atoms with Crippen molar-refractivity contribution in [2.45, 2.75) is 6.54 Å². The predicted octanol–water partition coefficient (Wildman–Crippen LogP) is 3.21. The van der Waals surface area contributed by atoms with Gasteiger partial charge in [0, 0.05) is 15.5 Å². The van der Waals surface area contributed by atoms with E-state index in [4.69, 9.17) is 23.8 Å². The van der Waals surface area contributed by atoms with Crippen LogP contribution in [0.3, 0.4) is 0 Å². The molecule has 2 N–H and O–H groups in total. The number of nitrogens with one attached hydrogen (secondary N) is 2. The van der Waals surface area contributed by atoms with Crippen molar-refractivity contribution in [1.82, 2.24) is 10.6 Å². The molecular formula is C13H11ClN2OS2. The number of carbonyl (C=O) groups is 1. The van der Waals surface area contributed by atoms with Gasteiger partial charge < -0.3 is 5.32 Å². The molecule has 3 nitrogen and oxygen atoms in total. The van der Waals surface area contributed by atoms with Crippen molar-refractivity contribution in [2.24, 2.45) is 0 Å². The van der Waals surface area contributed by atoms with Crippen LogP contribution in [0.2, 0.25) is 5.02 Å². The van der Waals surface area contributed by atoms with Crippen molar-refractivity contribution in [1.29, 1.82) is 0 Å². The zero-order chi connectivity index (χ0) is 13.7. The van der Waals surface area contributed by atoms with E-state index in [1.54, 1.807) is 35.6 Å². The molecule has 0 saturated heterocycles. The standard InChI is InChI=1S/C13H11ClN2OS2/c14-10-5-3-9(4-6-10)12(17)16-13(18)15-8-11-2-1-7-19-11/h1-7H,8H2,(H2,15,16,17,18). The first-order chi connectivity index (χ1) is 9.15. The summed E-state index contributed by atoms with van der Waals surface area (Å²) in [5, 5.41) is 8.50. The van der Waals surface area contributed by atoms with Gasteiger partial charge in [0.25, 0.3) is 5.91 Å². The molecule has 1 aromatic carbocycles. The molecule has 98 valence electrons. The monoisotopic (exact) mass is 310 g/mol. The summed E-state index contributed by atoms with van der Waals surface area (Å²) < 4.78 is 0. The molecule has 1 amide bonds. The minimum absolute atomic E-state index is 0.250. The van der Waals surface area contributed by atoms with Gasteiger partial charge in [-0.3, -0.25) is 10.1 Å². The van der Waals surface area contributed by atoms with Crippen LogP contribution in [0.4, 0.5) is 0 Å². The third kappa shape index (κ3) is 4.31. The van der Waals surface area contributed by atoms with Crippen LogP contribution >= 0.6 is 35.2 Å². The molecule has 2 rings (SSSR count). The van der Waals surface area contributed by atoms with E-state index in [2.05, 4.69) is 10.6 Å². The number of thiophene rings is 1. The van der Waals surface area contributed by atoms with Crippen molar-refractivity contribution >= 4 is 46.2 Å². The molecule has 0 aliphatic carbocycles. The summed E-state index contributed by atoms with van der Waals surface area (Å²) in [7, 11) is 0. The fourth-order valence-electron chi connectivity index (χ4n) is 1.40. The molecule has 0 fully saturated rings. The van der Waals surface area contributed by atoms with E-state index in [1.165, 1.54) is 0 Å². The number of rotatable bonds is 3. The number of benzene rings is 1. The molecule has 0 aliphatic heterocycles. The second-order valence-electron chi connectivity index (χ2n) is 3.72. The summed E-state index contributed by atoms with van der Waals surface area (Å²) in [4.78, 5) is 13.0. The number of carbonyl (C=O) groups excluding carboxylic acids is 1. The van der Waals surface area contributed by atoms with Crippen molar-refractivity contribution in [3.63, 3.8) is 0 Å². The summed E-state index contributed by atoms with van der Waals surface area (Å²) >= 11 is 12.5. The molecule has 0 radical (unpaired) electrons. The van der Waals surface area contributed by atoms with Crippen molar-refractivity contribution in [2.75, 3.05) is 0 Å². The first-order valence-corrected chi connectivity index (χ1v) is 7.19. The summed E-state index contributed by atoms with van der Waals surface area (Å²) in [6.45, 7) is 0.609. The van der Waals surface area contributed by atoms with E-state index in [0.717, 1.165) is 4.88 Å². The zero-order valence-corrected chi connectivity index (χ0v) is 12.2. The number of halogens is 1. The lowest BCUT2D eigenvalue weighted by Gasteiger charge is -2.08. The van der Waals surface area contributed by atoms with E-state index < -0.39 is 0 Å². The van der Waals surface area contributed by atoms with E-state index in [0.29, 0.717) is 22.2 Å². The Kier molecular flexibility index (Phi) is 4.90. The minimum atomic E-state index is -0.250. The highest BCUT2D eigenvalue weighted by atomic mass is 35.5. The van der Waals surface area contributed by atoms with E-state index in [-0.39, 0.29) is 5.91 Å². The smallest absolute Gasteiger partial charge is 0.257 e. The van der Waals surface area contributed by atoms with Crippen molar-refractivity contribution in [3.8, 4) is 0 Å². The van der Waals surface area contributed by atoms with Crippen LogP contribution in [0.5, 0.6) is 0 Å². The maximum absolute atomic E-state index is 11.8. The van der Waals surface area contributed by atoms with Gasteiger partial charge in [-0.25, -0.2) is 0 Å². The highest BCUT2D eigenvalue weighted by molar-refractivity contribution is 7.80. The minimum Gasteiger partial charge on any atom is -0.357 e. The number of hydrogen-bond donors (Lipinski definition) is 2. The van der Waals surface area contributed by atoms with E-state index >= 15 is 0 Å². The predicted molar refractivity (Wildman–Crippen MR) is 82.7 cm³/mol. The van der Waals surface area contributed by atoms with Crippen LogP contribution in [0.1, 0.15) is 15.2 Å². The number of hydrogen-bond acceptors (Lipinski definition) is 3. The van der Waals surface area contributed by atoms with Gasteiger partial charge in [-0.1, -0.05) is 17.7 Å². The maximum atomic E-state index is 11.8. The summed E-state index contributed by atoms with van der Waals surface area (Å²) in [5.74, 6) is -0.250. The van der Waals surface area contributed by atoms with Crippen molar-refractivity contribution < 1.29 is 4.79 Å². The highest BCUT2D eigenvalue weighted by Gasteiger charge is 2.07. The Balaban J connectivity index is 1.85. The van der Waals surface area contributed by atoms with Gasteiger partial charge in [0.2, 0.25) is 0 Å². The highest BCUT2D eigenvalue weighted by Crippen LogP contribution is 2.09. The van der Waals surface area contributed by atoms with Gasteiger partial charge in [0.1, 0.15) is 0 Å². The van der Waals surface area contributed by atoms with Gasteiger partial charge in [-0.2, -0.15) is 0 Å². The summed E-state index contributed by atoms with van der Waals surface area (Å²) in [5.41, 5.74) is 0.518. The quantitative estimate of drug-likeness (QED) is 0.855. The lowest BCUT2D eigenvalue weighted by molar-refractivity contribution is 0.0976. The lowest BCUT2D eigenvalue weighted by Crippen LogP contribution is -2.38. The summed E-state index contributed by atoms with van der Waals surface area (Å²) in [6.07, 6.45) is 0. The van der Waals surface area contributed by atoms with E-state index in [1.807, 2.05) is 17.5 Å². The second-order valence-corrected chi connectivity index (χ2v) is 5.60. The van der Waals surface area contributed by atoms with Crippen LogP contribution in [-0.4, -0.2) is 11.0 Å². The fourth-order valence-corrected chi connectivity index (χ4v) is 2.34. The Bertz CT molecular complexity index is 567. The third-order valence-electron chi connectivity index (χ3n) is 2.34. The van der Waals surface area contributed by atoms with Crippen molar-refractivity contribution in [3.05, 3.63) is 57.2 Å². The molecule has 0 saturated carbocycles. The molecular weight excluding hydrogens is 300 g/mol. The molecule has 0 spiro atoms. The Labute approximate surface area is 125 Å². The fraction of sp³-hybridized carbons (Fsp3) is 0.0769. The first kappa shape index (κ1) is 14.0. The molecule has 0 unspecified atom stereocenters. The first-order valence-electron chi connectivity index (χ1n) is 5.52.